The third kappa shape index (κ3) is 1.25. The molecule has 1 fully saturated rings. The lowest BCUT2D eigenvalue weighted by molar-refractivity contribution is -0.263. The summed E-state index contributed by atoms with van der Waals surface area (Å²) in [5, 5.41) is 23.0. The van der Waals surface area contributed by atoms with E-state index in [2.05, 4.69) is 10.6 Å². The third-order valence-electron chi connectivity index (χ3n) is 2.38. The second kappa shape index (κ2) is 3.70. The molecular weight excluding hydrogens is 192 g/mol. The molecule has 2 amide bonds. The summed E-state index contributed by atoms with van der Waals surface area (Å²) in [6.45, 7) is -1.02. The first kappa shape index (κ1) is 11.2. The van der Waals surface area contributed by atoms with E-state index in [9.17, 15) is 4.79 Å². The molecule has 4 N–H and O–H groups in total. The average molecular weight is 206 g/mol. The highest BCUT2D eigenvalue weighted by atomic mass is 16.7. The molecule has 0 aliphatic carbocycles. The quantitative estimate of drug-likeness (QED) is 0.397. The first-order chi connectivity index (χ1) is 6.59. The average Bonchev–Trinajstić information content (AvgIpc) is 2.51. The topological polar surface area (TPSA) is 100 Å². The van der Waals surface area contributed by atoms with Crippen molar-refractivity contribution in [3.05, 3.63) is 0 Å². The van der Waals surface area contributed by atoms with Gasteiger partial charge in [-0.1, -0.05) is 0 Å². The Morgan fingerprint density at radius 1 is 1.21 bits per heavy atom. The summed E-state index contributed by atoms with van der Waals surface area (Å²) in [6, 6.07) is -0.572. The molecule has 0 saturated carbocycles. The summed E-state index contributed by atoms with van der Waals surface area (Å²) in [5.41, 5.74) is -1.38. The number of carbonyl (C=O) groups excluding carboxylic acids is 1. The van der Waals surface area contributed by atoms with Gasteiger partial charge in [-0.2, -0.15) is 0 Å². The monoisotopic (exact) mass is 206 g/mol. The Balaban J connectivity index is 3.06. The van der Waals surface area contributed by atoms with Gasteiger partial charge in [0.15, 0.2) is 5.54 Å². The molecule has 0 aromatic carbocycles. The number of ether oxygens (including phenoxy) is 2. The zero-order chi connectivity index (χ0) is 10.8. The zero-order valence-corrected chi connectivity index (χ0v) is 8.03. The molecule has 1 aliphatic rings. The Labute approximate surface area is 81.0 Å². The number of amides is 2. The summed E-state index contributed by atoms with van der Waals surface area (Å²) in [7, 11) is 2.60. The molecule has 1 heterocycles. The van der Waals surface area contributed by atoms with E-state index >= 15 is 0 Å². The number of aliphatic hydroxyl groups is 2. The van der Waals surface area contributed by atoms with E-state index in [1.807, 2.05) is 0 Å². The van der Waals surface area contributed by atoms with Gasteiger partial charge >= 0.3 is 6.03 Å². The van der Waals surface area contributed by atoms with E-state index in [4.69, 9.17) is 19.7 Å². The van der Waals surface area contributed by atoms with Crippen LogP contribution < -0.4 is 10.6 Å². The number of rotatable bonds is 4. The number of hydrogen-bond acceptors (Lipinski definition) is 5. The highest BCUT2D eigenvalue weighted by Crippen LogP contribution is 2.28. The van der Waals surface area contributed by atoms with Gasteiger partial charge in [0, 0.05) is 14.2 Å². The number of hydrogen-bond donors (Lipinski definition) is 4. The predicted molar refractivity (Wildman–Crippen MR) is 45.3 cm³/mol. The first-order valence-corrected chi connectivity index (χ1v) is 4.02. The third-order valence-corrected chi connectivity index (χ3v) is 2.38. The summed E-state index contributed by atoms with van der Waals surface area (Å²) < 4.78 is 9.96. The van der Waals surface area contributed by atoms with E-state index in [-0.39, 0.29) is 0 Å². The molecule has 0 radical (unpaired) electrons. The van der Waals surface area contributed by atoms with E-state index < -0.39 is 30.7 Å². The second-order valence-corrected chi connectivity index (χ2v) is 3.00. The molecule has 14 heavy (non-hydrogen) atoms. The van der Waals surface area contributed by atoms with E-state index in [0.717, 1.165) is 0 Å². The van der Waals surface area contributed by atoms with E-state index in [1.165, 1.54) is 14.2 Å². The van der Waals surface area contributed by atoms with Crippen molar-refractivity contribution in [2.75, 3.05) is 27.4 Å². The minimum atomic E-state index is -1.55. The highest BCUT2D eigenvalue weighted by molar-refractivity contribution is 5.79. The Hall–Kier alpha value is -0.890. The van der Waals surface area contributed by atoms with Crippen molar-refractivity contribution in [1.29, 1.82) is 0 Å². The van der Waals surface area contributed by atoms with Crippen molar-refractivity contribution < 1.29 is 24.5 Å². The van der Waals surface area contributed by atoms with Gasteiger partial charge in [-0.05, 0) is 0 Å². The smallest absolute Gasteiger partial charge is 0.319 e. The predicted octanol–water partition coefficient (Wildman–Crippen LogP) is -2.03. The summed E-state index contributed by atoms with van der Waals surface area (Å²) >= 11 is 0. The van der Waals surface area contributed by atoms with Crippen LogP contribution in [0.1, 0.15) is 0 Å². The zero-order valence-electron chi connectivity index (χ0n) is 8.03. The maximum atomic E-state index is 11.1. The molecule has 1 saturated heterocycles. The maximum absolute atomic E-state index is 11.1. The second-order valence-electron chi connectivity index (χ2n) is 3.00. The van der Waals surface area contributed by atoms with Crippen LogP contribution in [0, 0.1) is 0 Å². The van der Waals surface area contributed by atoms with Crippen molar-refractivity contribution in [1.82, 2.24) is 10.6 Å². The molecule has 1 rings (SSSR count). The molecule has 0 spiro atoms. The fourth-order valence-corrected chi connectivity index (χ4v) is 1.51. The van der Waals surface area contributed by atoms with Gasteiger partial charge in [0.1, 0.15) is 0 Å². The fraction of sp³-hybridized carbons (Fsp3) is 0.857. The summed E-state index contributed by atoms with van der Waals surface area (Å²) in [6.07, 6.45) is 0. The van der Waals surface area contributed by atoms with Gasteiger partial charge in [-0.25, -0.2) is 4.79 Å². The van der Waals surface area contributed by atoms with Crippen LogP contribution in [0.3, 0.4) is 0 Å². The number of nitrogens with one attached hydrogen (secondary N) is 2. The molecule has 7 nitrogen and oxygen atoms in total. The minimum Gasteiger partial charge on any atom is -0.394 e. The molecular formula is C7H14N2O5. The lowest BCUT2D eigenvalue weighted by atomic mass is 9.98. The summed E-state index contributed by atoms with van der Waals surface area (Å²) in [5.74, 6) is -1.55. The molecule has 0 atom stereocenters. The fourth-order valence-electron chi connectivity index (χ4n) is 1.51. The van der Waals surface area contributed by atoms with E-state index in [0.29, 0.717) is 0 Å². The maximum Gasteiger partial charge on any atom is 0.319 e. The SMILES string of the molecule is COC1(OC)NC(=O)NC1(CO)CO. The van der Waals surface area contributed by atoms with Crippen molar-refractivity contribution >= 4 is 6.03 Å². The standard InChI is InChI=1S/C7H14N2O5/c1-13-7(14-2)6(3-10,4-11)8-5(12)9-7/h10-11H,3-4H2,1-2H3,(H2,8,9,12). The molecule has 7 heteroatoms. The van der Waals surface area contributed by atoms with Gasteiger partial charge < -0.3 is 25.0 Å². The van der Waals surface area contributed by atoms with Gasteiger partial charge in [-0.15, -0.1) is 0 Å². The van der Waals surface area contributed by atoms with Crippen LogP contribution in [0.25, 0.3) is 0 Å². The first-order valence-electron chi connectivity index (χ1n) is 4.02. The number of aliphatic hydroxyl groups excluding tert-OH is 2. The molecule has 0 aromatic rings. The minimum absolute atomic E-state index is 0.510. The molecule has 0 bridgehead atoms. The van der Waals surface area contributed by atoms with Crippen molar-refractivity contribution in [3.8, 4) is 0 Å². The van der Waals surface area contributed by atoms with Crippen LogP contribution in [0.2, 0.25) is 0 Å². The number of methoxy groups -OCH3 is 2. The Bertz CT molecular complexity index is 202. The molecule has 0 aromatic heterocycles. The Morgan fingerprint density at radius 3 is 2.00 bits per heavy atom. The van der Waals surface area contributed by atoms with E-state index in [1.54, 1.807) is 0 Å². The lowest BCUT2D eigenvalue weighted by Gasteiger charge is -2.38. The van der Waals surface area contributed by atoms with Gasteiger partial charge in [0.2, 0.25) is 0 Å². The van der Waals surface area contributed by atoms with Crippen LogP contribution in [0.5, 0.6) is 0 Å². The molecule has 1 aliphatic heterocycles. The number of carbonyl (C=O) groups is 1. The van der Waals surface area contributed by atoms with Crippen molar-refractivity contribution in [3.63, 3.8) is 0 Å². The van der Waals surface area contributed by atoms with Crippen LogP contribution in [-0.4, -0.2) is 55.1 Å². The number of urea groups is 1. The Kier molecular flexibility index (Phi) is 2.95. The van der Waals surface area contributed by atoms with Crippen LogP contribution in [-0.2, 0) is 9.47 Å². The van der Waals surface area contributed by atoms with Crippen LogP contribution in [0.4, 0.5) is 4.79 Å². The van der Waals surface area contributed by atoms with Gasteiger partial charge in [0.25, 0.3) is 5.91 Å². The highest BCUT2D eigenvalue weighted by Gasteiger charge is 2.60. The molecule has 82 valence electrons. The summed E-state index contributed by atoms with van der Waals surface area (Å²) in [4.78, 5) is 11.1. The van der Waals surface area contributed by atoms with Crippen molar-refractivity contribution in [2.45, 2.75) is 11.4 Å². The largest absolute Gasteiger partial charge is 0.394 e. The van der Waals surface area contributed by atoms with Crippen LogP contribution >= 0.6 is 0 Å². The van der Waals surface area contributed by atoms with Crippen molar-refractivity contribution in [2.24, 2.45) is 0 Å². The Morgan fingerprint density at radius 2 is 1.71 bits per heavy atom. The normalized spacial score (nSPS) is 23.0. The van der Waals surface area contributed by atoms with Gasteiger partial charge in [-0.3, -0.25) is 5.32 Å². The van der Waals surface area contributed by atoms with Gasteiger partial charge in [0.05, 0.1) is 13.2 Å². The molecule has 0 unspecified atom stereocenters. The lowest BCUT2D eigenvalue weighted by Crippen LogP contribution is -2.66. The van der Waals surface area contributed by atoms with Crippen LogP contribution in [0.15, 0.2) is 0 Å².